The molecule has 0 heterocycles. The minimum atomic E-state index is 0.106. The van der Waals surface area contributed by atoms with Gasteiger partial charge in [-0.15, -0.1) is 0 Å². The van der Waals surface area contributed by atoms with E-state index in [9.17, 15) is 0 Å². The molecule has 1 heteroatoms. The van der Waals surface area contributed by atoms with E-state index in [-0.39, 0.29) is 5.60 Å². The van der Waals surface area contributed by atoms with Crippen LogP contribution in [0.3, 0.4) is 0 Å². The first kappa shape index (κ1) is 8.58. The molecule has 4 aliphatic rings. The molecule has 0 amide bonds. The Morgan fingerprint density at radius 2 is 2.20 bits per heavy atom. The van der Waals surface area contributed by atoms with Gasteiger partial charge in [-0.3, -0.25) is 0 Å². The van der Waals surface area contributed by atoms with Crippen molar-refractivity contribution in [3.8, 4) is 0 Å². The molecule has 1 fully saturated rings. The molecule has 4 rings (SSSR count). The van der Waals surface area contributed by atoms with Crippen LogP contribution >= 0.6 is 0 Å². The maximum atomic E-state index is 6.04. The fourth-order valence-corrected chi connectivity index (χ4v) is 4.79. The smallest absolute Gasteiger partial charge is 0.114 e. The first-order chi connectivity index (χ1) is 7.36. The van der Waals surface area contributed by atoms with Gasteiger partial charge >= 0.3 is 0 Å². The van der Waals surface area contributed by atoms with Gasteiger partial charge < -0.3 is 4.74 Å². The lowest BCUT2D eigenvalue weighted by Gasteiger charge is -2.41. The first-order valence-corrected chi connectivity index (χ1v) is 6.33. The molecule has 3 atom stereocenters. The third kappa shape index (κ3) is 0.782. The SMILES string of the molecule is CO[C@]12C3=CC[C@H]1CC1=C2[C@H](CC3)CC1. The zero-order chi connectivity index (χ0) is 10.0. The summed E-state index contributed by atoms with van der Waals surface area (Å²) in [7, 11) is 1.93. The van der Waals surface area contributed by atoms with Crippen LogP contribution in [0, 0.1) is 11.8 Å². The van der Waals surface area contributed by atoms with Crippen LogP contribution in [0.2, 0.25) is 0 Å². The van der Waals surface area contributed by atoms with Crippen LogP contribution in [-0.2, 0) is 4.74 Å². The highest BCUT2D eigenvalue weighted by atomic mass is 16.5. The van der Waals surface area contributed by atoms with Gasteiger partial charge in [0.25, 0.3) is 0 Å². The highest BCUT2D eigenvalue weighted by molar-refractivity contribution is 5.51. The van der Waals surface area contributed by atoms with Crippen molar-refractivity contribution >= 4 is 0 Å². The largest absolute Gasteiger partial charge is 0.369 e. The minimum Gasteiger partial charge on any atom is -0.369 e. The second-order valence-electron chi connectivity index (χ2n) is 5.60. The van der Waals surface area contributed by atoms with Crippen molar-refractivity contribution in [3.63, 3.8) is 0 Å². The van der Waals surface area contributed by atoms with Gasteiger partial charge in [0.1, 0.15) is 5.60 Å². The Kier molecular flexibility index (Phi) is 1.47. The highest BCUT2D eigenvalue weighted by Crippen LogP contribution is 2.63. The lowest BCUT2D eigenvalue weighted by atomic mass is 9.71. The van der Waals surface area contributed by atoms with Crippen molar-refractivity contribution in [3.05, 3.63) is 22.8 Å². The number of methoxy groups -OCH3 is 1. The van der Waals surface area contributed by atoms with E-state index in [1.54, 1.807) is 16.7 Å². The lowest BCUT2D eigenvalue weighted by Crippen LogP contribution is -2.42. The molecule has 0 bridgehead atoms. The number of ether oxygens (including phenoxy) is 1. The summed E-state index contributed by atoms with van der Waals surface area (Å²) in [4.78, 5) is 0. The van der Waals surface area contributed by atoms with Gasteiger partial charge in [-0.2, -0.15) is 0 Å². The number of hydrogen-bond donors (Lipinski definition) is 0. The Morgan fingerprint density at radius 3 is 3.07 bits per heavy atom. The van der Waals surface area contributed by atoms with Crippen LogP contribution in [0.1, 0.15) is 38.5 Å². The molecular weight excluding hydrogens is 184 g/mol. The summed E-state index contributed by atoms with van der Waals surface area (Å²) in [6, 6.07) is 0. The van der Waals surface area contributed by atoms with Gasteiger partial charge in [0.05, 0.1) is 0 Å². The van der Waals surface area contributed by atoms with Crippen LogP contribution in [-0.4, -0.2) is 12.7 Å². The quantitative estimate of drug-likeness (QED) is 0.593. The summed E-state index contributed by atoms with van der Waals surface area (Å²) < 4.78 is 6.04. The molecule has 0 unspecified atom stereocenters. The predicted octanol–water partition coefficient (Wildman–Crippen LogP) is 3.22. The van der Waals surface area contributed by atoms with Crippen molar-refractivity contribution in [1.82, 2.24) is 0 Å². The molecule has 0 aromatic rings. The summed E-state index contributed by atoms with van der Waals surface area (Å²) in [6.45, 7) is 0. The van der Waals surface area contributed by atoms with E-state index in [4.69, 9.17) is 4.74 Å². The molecular formula is C14H18O. The number of hydrogen-bond acceptors (Lipinski definition) is 1. The maximum absolute atomic E-state index is 6.04. The second kappa shape index (κ2) is 2.57. The third-order valence-electron chi connectivity index (χ3n) is 5.26. The third-order valence-corrected chi connectivity index (χ3v) is 5.26. The van der Waals surface area contributed by atoms with E-state index in [0.717, 1.165) is 11.8 Å². The fraction of sp³-hybridized carbons (Fsp3) is 0.714. The van der Waals surface area contributed by atoms with E-state index in [1.807, 2.05) is 7.11 Å². The molecule has 0 N–H and O–H groups in total. The van der Waals surface area contributed by atoms with E-state index in [1.165, 1.54) is 38.5 Å². The Bertz CT molecular complexity index is 390. The first-order valence-electron chi connectivity index (χ1n) is 6.33. The summed E-state index contributed by atoms with van der Waals surface area (Å²) in [6.07, 6.45) is 10.5. The molecule has 0 aromatic heterocycles. The van der Waals surface area contributed by atoms with Crippen LogP contribution in [0.15, 0.2) is 22.8 Å². The van der Waals surface area contributed by atoms with Gasteiger partial charge in [-0.1, -0.05) is 11.6 Å². The highest BCUT2D eigenvalue weighted by Gasteiger charge is 2.58. The van der Waals surface area contributed by atoms with Crippen molar-refractivity contribution < 1.29 is 4.74 Å². The van der Waals surface area contributed by atoms with Gasteiger partial charge in [0, 0.05) is 13.0 Å². The van der Waals surface area contributed by atoms with Crippen molar-refractivity contribution in [1.29, 1.82) is 0 Å². The van der Waals surface area contributed by atoms with E-state index >= 15 is 0 Å². The average Bonchev–Trinajstić information content (AvgIpc) is 2.88. The molecule has 4 aliphatic carbocycles. The number of rotatable bonds is 1. The monoisotopic (exact) mass is 202 g/mol. The number of allylic oxidation sites excluding steroid dienone is 2. The van der Waals surface area contributed by atoms with Gasteiger partial charge in [-0.25, -0.2) is 0 Å². The molecule has 0 saturated heterocycles. The lowest BCUT2D eigenvalue weighted by molar-refractivity contribution is 0.00519. The molecule has 1 saturated carbocycles. The predicted molar refractivity (Wildman–Crippen MR) is 59.5 cm³/mol. The summed E-state index contributed by atoms with van der Waals surface area (Å²) in [5, 5.41) is 0. The van der Waals surface area contributed by atoms with Crippen molar-refractivity contribution in [2.45, 2.75) is 44.1 Å². The summed E-state index contributed by atoms with van der Waals surface area (Å²) >= 11 is 0. The molecule has 80 valence electrons. The van der Waals surface area contributed by atoms with E-state index in [2.05, 4.69) is 6.08 Å². The van der Waals surface area contributed by atoms with E-state index in [0.29, 0.717) is 0 Å². The van der Waals surface area contributed by atoms with E-state index < -0.39 is 0 Å². The topological polar surface area (TPSA) is 9.23 Å². The zero-order valence-corrected chi connectivity index (χ0v) is 9.38. The molecule has 15 heavy (non-hydrogen) atoms. The summed E-state index contributed by atoms with van der Waals surface area (Å²) in [5.41, 5.74) is 5.25. The molecule has 0 radical (unpaired) electrons. The molecule has 0 aromatic carbocycles. The second-order valence-corrected chi connectivity index (χ2v) is 5.60. The van der Waals surface area contributed by atoms with Crippen LogP contribution in [0.5, 0.6) is 0 Å². The van der Waals surface area contributed by atoms with Crippen LogP contribution in [0.25, 0.3) is 0 Å². The normalized spacial score (nSPS) is 46.1. The maximum Gasteiger partial charge on any atom is 0.114 e. The fourth-order valence-electron chi connectivity index (χ4n) is 4.79. The van der Waals surface area contributed by atoms with Gasteiger partial charge in [0.15, 0.2) is 0 Å². The molecule has 1 nitrogen and oxygen atoms in total. The van der Waals surface area contributed by atoms with Crippen molar-refractivity contribution in [2.75, 3.05) is 7.11 Å². The minimum absolute atomic E-state index is 0.106. The standard InChI is InChI=1S/C14H18O/c1-15-14-11-5-4-9-2-3-10(13(9)14)8-12(14)7-6-11/h6,9,12H,2-5,7-8H2,1H3/t9-,12-,14+/m0/s1. The Morgan fingerprint density at radius 1 is 1.33 bits per heavy atom. The Labute approximate surface area is 91.2 Å². The average molecular weight is 202 g/mol. The van der Waals surface area contributed by atoms with Gasteiger partial charge in [0.2, 0.25) is 0 Å². The molecule has 0 aliphatic heterocycles. The van der Waals surface area contributed by atoms with Crippen LogP contribution < -0.4 is 0 Å². The Hall–Kier alpha value is -0.560. The van der Waals surface area contributed by atoms with Gasteiger partial charge in [-0.05, 0) is 55.6 Å². The Balaban J connectivity index is 1.94. The van der Waals surface area contributed by atoms with Crippen LogP contribution in [0.4, 0.5) is 0 Å². The van der Waals surface area contributed by atoms with Crippen molar-refractivity contribution in [2.24, 2.45) is 11.8 Å². The molecule has 0 spiro atoms. The summed E-state index contributed by atoms with van der Waals surface area (Å²) in [5.74, 6) is 1.64. The zero-order valence-electron chi connectivity index (χ0n) is 9.38.